The van der Waals surface area contributed by atoms with Crippen LogP contribution in [0.3, 0.4) is 0 Å². The van der Waals surface area contributed by atoms with E-state index in [0.717, 1.165) is 12.4 Å². The van der Waals surface area contributed by atoms with Crippen LogP contribution in [-0.2, 0) is 15.6 Å². The number of hydrogen-bond donors (Lipinski definition) is 1. The third kappa shape index (κ3) is 5.88. The number of nitrogens with one attached hydrogen (secondary N) is 1. The van der Waals surface area contributed by atoms with Gasteiger partial charge in [0.25, 0.3) is 0 Å². The van der Waals surface area contributed by atoms with Crippen molar-refractivity contribution in [1.29, 1.82) is 0 Å². The Balaban J connectivity index is 2.62. The fraction of sp³-hybridized carbons (Fsp3) is 0.643. The number of anilines is 1. The maximum Gasteiger partial charge on any atom is 0.151 e. The van der Waals surface area contributed by atoms with Crippen molar-refractivity contribution >= 4 is 15.7 Å². The summed E-state index contributed by atoms with van der Waals surface area (Å²) in [5.41, 5.74) is 0.714. The fourth-order valence-corrected chi connectivity index (χ4v) is 2.92. The Labute approximate surface area is 122 Å². The van der Waals surface area contributed by atoms with Gasteiger partial charge >= 0.3 is 0 Å². The van der Waals surface area contributed by atoms with Gasteiger partial charge in [0.1, 0.15) is 5.82 Å². The largest absolute Gasteiger partial charge is 0.368 e. The summed E-state index contributed by atoms with van der Waals surface area (Å²) in [6.45, 7) is 5.19. The van der Waals surface area contributed by atoms with Crippen molar-refractivity contribution in [3.05, 3.63) is 23.9 Å². The van der Waals surface area contributed by atoms with Crippen molar-refractivity contribution in [2.24, 2.45) is 5.92 Å². The quantitative estimate of drug-likeness (QED) is 0.829. The summed E-state index contributed by atoms with van der Waals surface area (Å²) in [4.78, 5) is 6.45. The third-order valence-corrected chi connectivity index (χ3v) is 4.04. The van der Waals surface area contributed by atoms with E-state index in [2.05, 4.69) is 43.1 Å². The lowest BCUT2D eigenvalue weighted by atomic mass is 10.0. The van der Waals surface area contributed by atoms with Crippen LogP contribution in [0.1, 0.15) is 19.4 Å². The number of rotatable bonds is 7. The molecule has 0 aliphatic heterocycles. The molecule has 5 nitrogen and oxygen atoms in total. The lowest BCUT2D eigenvalue weighted by molar-refractivity contribution is 0.243. The molecule has 0 aliphatic rings. The summed E-state index contributed by atoms with van der Waals surface area (Å²) in [5, 5.41) is 3.30. The molecule has 0 bridgehead atoms. The highest BCUT2D eigenvalue weighted by molar-refractivity contribution is 7.89. The lowest BCUT2D eigenvalue weighted by Gasteiger charge is -2.28. The SMILES string of the molecule is CC(C)[C@H](CNc1ccc(CS(C)(=O)=O)cn1)N(C)C. The molecule has 0 radical (unpaired) electrons. The highest BCUT2D eigenvalue weighted by Gasteiger charge is 2.15. The molecule has 0 amide bonds. The topological polar surface area (TPSA) is 62.3 Å². The number of sulfone groups is 1. The Morgan fingerprint density at radius 1 is 1.30 bits per heavy atom. The first-order chi connectivity index (χ1) is 9.19. The van der Waals surface area contributed by atoms with Gasteiger partial charge in [-0.1, -0.05) is 19.9 Å². The van der Waals surface area contributed by atoms with Gasteiger partial charge in [-0.3, -0.25) is 0 Å². The number of pyridine rings is 1. The van der Waals surface area contributed by atoms with Crippen LogP contribution in [0, 0.1) is 5.92 Å². The minimum Gasteiger partial charge on any atom is -0.368 e. The standard InChI is InChI=1S/C14H25N3O2S/c1-11(2)13(17(3)4)9-16-14-7-6-12(8-15-14)10-20(5,18)19/h6-8,11,13H,9-10H2,1-5H3,(H,15,16)/t13-/m0/s1. The van der Waals surface area contributed by atoms with Crippen LogP contribution in [0.2, 0.25) is 0 Å². The fourth-order valence-electron chi connectivity index (χ4n) is 2.14. The highest BCUT2D eigenvalue weighted by Crippen LogP contribution is 2.11. The number of aromatic nitrogens is 1. The Morgan fingerprint density at radius 3 is 2.35 bits per heavy atom. The second kappa shape index (κ2) is 7.04. The molecule has 0 fully saturated rings. The molecule has 0 saturated heterocycles. The van der Waals surface area contributed by atoms with E-state index >= 15 is 0 Å². The van der Waals surface area contributed by atoms with Gasteiger partial charge in [-0.05, 0) is 31.6 Å². The summed E-state index contributed by atoms with van der Waals surface area (Å²) in [5.74, 6) is 1.35. The molecule has 0 unspecified atom stereocenters. The second-order valence-corrected chi connectivity index (χ2v) is 7.92. The third-order valence-electron chi connectivity index (χ3n) is 3.18. The minimum absolute atomic E-state index is 0.0343. The first-order valence-electron chi connectivity index (χ1n) is 6.72. The molecular formula is C14H25N3O2S. The lowest BCUT2D eigenvalue weighted by Crippen LogP contribution is -2.38. The summed E-state index contributed by atoms with van der Waals surface area (Å²) in [7, 11) is 1.12. The average molecular weight is 299 g/mol. The normalized spacial score (nSPS) is 13.8. The molecule has 6 heteroatoms. The molecular weight excluding hydrogens is 274 g/mol. The van der Waals surface area contributed by atoms with Crippen molar-refractivity contribution in [3.8, 4) is 0 Å². The average Bonchev–Trinajstić information content (AvgIpc) is 2.28. The van der Waals surface area contributed by atoms with Gasteiger partial charge in [0, 0.05) is 25.0 Å². The van der Waals surface area contributed by atoms with Crippen LogP contribution in [0.25, 0.3) is 0 Å². The van der Waals surface area contributed by atoms with Gasteiger partial charge in [0.05, 0.1) is 5.75 Å². The molecule has 1 N–H and O–H groups in total. The number of hydrogen-bond acceptors (Lipinski definition) is 5. The van der Waals surface area contributed by atoms with Gasteiger partial charge in [0.2, 0.25) is 0 Å². The van der Waals surface area contributed by atoms with Crippen LogP contribution < -0.4 is 5.32 Å². The molecule has 20 heavy (non-hydrogen) atoms. The maximum absolute atomic E-state index is 11.2. The summed E-state index contributed by atoms with van der Waals surface area (Å²) >= 11 is 0. The van der Waals surface area contributed by atoms with Crippen molar-refractivity contribution in [1.82, 2.24) is 9.88 Å². The van der Waals surface area contributed by atoms with Crippen molar-refractivity contribution < 1.29 is 8.42 Å². The zero-order valence-corrected chi connectivity index (χ0v) is 13.7. The number of likely N-dealkylation sites (N-methyl/N-ethyl adjacent to an activating group) is 1. The molecule has 1 rings (SSSR count). The molecule has 1 aromatic heterocycles. The molecule has 0 aromatic carbocycles. The van der Waals surface area contributed by atoms with Crippen molar-refractivity contribution in [2.75, 3.05) is 32.2 Å². The molecule has 114 valence electrons. The van der Waals surface area contributed by atoms with E-state index in [4.69, 9.17) is 0 Å². The Bertz CT molecular complexity index is 502. The Hall–Kier alpha value is -1.14. The van der Waals surface area contributed by atoms with Gasteiger partial charge in [-0.25, -0.2) is 13.4 Å². The first kappa shape index (κ1) is 16.9. The van der Waals surface area contributed by atoms with Crippen LogP contribution in [0.15, 0.2) is 18.3 Å². The zero-order chi connectivity index (χ0) is 15.3. The first-order valence-corrected chi connectivity index (χ1v) is 8.78. The highest BCUT2D eigenvalue weighted by atomic mass is 32.2. The Kier molecular flexibility index (Phi) is 5.95. The van der Waals surface area contributed by atoms with Crippen LogP contribution in [-0.4, -0.2) is 51.2 Å². The number of nitrogens with zero attached hydrogens (tertiary/aromatic N) is 2. The maximum atomic E-state index is 11.2. The van der Waals surface area contributed by atoms with E-state index in [-0.39, 0.29) is 5.75 Å². The Morgan fingerprint density at radius 2 is 1.95 bits per heavy atom. The summed E-state index contributed by atoms with van der Waals surface area (Å²) < 4.78 is 22.4. The monoisotopic (exact) mass is 299 g/mol. The molecule has 1 aromatic rings. The molecule has 0 spiro atoms. The molecule has 1 heterocycles. The van der Waals surface area contributed by atoms with E-state index in [9.17, 15) is 8.42 Å². The van der Waals surface area contributed by atoms with E-state index in [0.29, 0.717) is 17.5 Å². The van der Waals surface area contributed by atoms with Crippen molar-refractivity contribution in [2.45, 2.75) is 25.6 Å². The zero-order valence-electron chi connectivity index (χ0n) is 12.9. The van der Waals surface area contributed by atoms with E-state index in [1.165, 1.54) is 6.26 Å². The van der Waals surface area contributed by atoms with Crippen LogP contribution in [0.5, 0.6) is 0 Å². The van der Waals surface area contributed by atoms with E-state index in [1.807, 2.05) is 6.07 Å². The van der Waals surface area contributed by atoms with Gasteiger partial charge in [-0.15, -0.1) is 0 Å². The molecule has 1 atom stereocenters. The second-order valence-electron chi connectivity index (χ2n) is 5.78. The summed E-state index contributed by atoms with van der Waals surface area (Å²) in [6, 6.07) is 4.05. The van der Waals surface area contributed by atoms with E-state index in [1.54, 1.807) is 12.3 Å². The predicted molar refractivity (Wildman–Crippen MR) is 83.6 cm³/mol. The predicted octanol–water partition coefficient (Wildman–Crippen LogP) is 1.62. The van der Waals surface area contributed by atoms with Crippen LogP contribution >= 0.6 is 0 Å². The summed E-state index contributed by atoms with van der Waals surface area (Å²) in [6.07, 6.45) is 2.84. The minimum atomic E-state index is -3.01. The molecule has 0 aliphatic carbocycles. The van der Waals surface area contributed by atoms with E-state index < -0.39 is 9.84 Å². The van der Waals surface area contributed by atoms with Gasteiger partial charge in [-0.2, -0.15) is 0 Å². The van der Waals surface area contributed by atoms with Gasteiger partial charge in [0.15, 0.2) is 9.84 Å². The van der Waals surface area contributed by atoms with Crippen molar-refractivity contribution in [3.63, 3.8) is 0 Å². The van der Waals surface area contributed by atoms with Crippen LogP contribution in [0.4, 0.5) is 5.82 Å². The van der Waals surface area contributed by atoms with Gasteiger partial charge < -0.3 is 10.2 Å². The molecule has 0 saturated carbocycles. The smallest absolute Gasteiger partial charge is 0.151 e.